The van der Waals surface area contributed by atoms with Gasteiger partial charge in [0.25, 0.3) is 0 Å². The van der Waals surface area contributed by atoms with Crippen LogP contribution in [0, 0.1) is 6.92 Å². The molecule has 1 fully saturated rings. The van der Waals surface area contributed by atoms with Crippen molar-refractivity contribution < 1.29 is 9.47 Å². The summed E-state index contributed by atoms with van der Waals surface area (Å²) in [5.41, 5.74) is 1.23. The normalized spacial score (nSPS) is 20.6. The van der Waals surface area contributed by atoms with Crippen molar-refractivity contribution in [3.63, 3.8) is 0 Å². The van der Waals surface area contributed by atoms with Gasteiger partial charge in [0, 0.05) is 0 Å². The number of aryl methyl sites for hydroxylation is 1. The molecule has 64 valence electrons. The molecule has 1 unspecified atom stereocenters. The van der Waals surface area contributed by atoms with Crippen LogP contribution in [0.15, 0.2) is 24.3 Å². The van der Waals surface area contributed by atoms with Crippen molar-refractivity contribution in [1.29, 1.82) is 0 Å². The zero-order valence-electron chi connectivity index (χ0n) is 7.12. The summed E-state index contributed by atoms with van der Waals surface area (Å²) in [6.45, 7) is 3.59. The van der Waals surface area contributed by atoms with Gasteiger partial charge >= 0.3 is 0 Å². The van der Waals surface area contributed by atoms with Gasteiger partial charge in [0.15, 0.2) is 0 Å². The summed E-state index contributed by atoms with van der Waals surface area (Å²) in [7, 11) is 0. The molecule has 1 aliphatic heterocycles. The van der Waals surface area contributed by atoms with Crippen LogP contribution in [0.5, 0.6) is 5.75 Å². The summed E-state index contributed by atoms with van der Waals surface area (Å²) >= 11 is 0. The van der Waals surface area contributed by atoms with E-state index in [-0.39, 0.29) is 0 Å². The molecule has 1 aromatic rings. The smallest absolute Gasteiger partial charge is 0.119 e. The minimum atomic E-state index is 0.338. The average Bonchev–Trinajstić information content (AvgIpc) is 2.84. The van der Waals surface area contributed by atoms with E-state index in [4.69, 9.17) is 9.47 Å². The molecule has 1 aliphatic rings. The number of hydrogen-bond donors (Lipinski definition) is 0. The Bertz CT molecular complexity index is 266. The van der Waals surface area contributed by atoms with Gasteiger partial charge in [0.1, 0.15) is 18.5 Å². The number of benzene rings is 1. The van der Waals surface area contributed by atoms with Crippen LogP contribution in [0.3, 0.4) is 0 Å². The molecule has 2 nitrogen and oxygen atoms in total. The van der Waals surface area contributed by atoms with Crippen molar-refractivity contribution in [3.8, 4) is 5.75 Å². The second-order valence-electron chi connectivity index (χ2n) is 3.08. The van der Waals surface area contributed by atoms with E-state index in [1.807, 2.05) is 18.2 Å². The molecule has 0 bridgehead atoms. The molecule has 12 heavy (non-hydrogen) atoms. The summed E-state index contributed by atoms with van der Waals surface area (Å²) in [4.78, 5) is 0. The van der Waals surface area contributed by atoms with E-state index in [9.17, 15) is 0 Å². The first kappa shape index (κ1) is 7.62. The van der Waals surface area contributed by atoms with Crippen molar-refractivity contribution >= 4 is 0 Å². The Morgan fingerprint density at radius 1 is 1.58 bits per heavy atom. The van der Waals surface area contributed by atoms with Crippen LogP contribution in [-0.4, -0.2) is 19.3 Å². The fraction of sp³-hybridized carbons (Fsp3) is 0.400. The minimum Gasteiger partial charge on any atom is -0.491 e. The molecular weight excluding hydrogens is 152 g/mol. The zero-order chi connectivity index (χ0) is 8.39. The van der Waals surface area contributed by atoms with E-state index in [1.165, 1.54) is 5.56 Å². The van der Waals surface area contributed by atoms with E-state index in [0.29, 0.717) is 12.7 Å². The summed E-state index contributed by atoms with van der Waals surface area (Å²) < 4.78 is 10.5. The average molecular weight is 164 g/mol. The quantitative estimate of drug-likeness (QED) is 0.635. The van der Waals surface area contributed by atoms with Crippen molar-refractivity contribution in [3.05, 3.63) is 29.8 Å². The number of rotatable bonds is 3. The fourth-order valence-corrected chi connectivity index (χ4v) is 1.06. The molecule has 2 rings (SSSR count). The van der Waals surface area contributed by atoms with Crippen LogP contribution >= 0.6 is 0 Å². The predicted octanol–water partition coefficient (Wildman–Crippen LogP) is 1.77. The molecule has 0 amide bonds. The van der Waals surface area contributed by atoms with Gasteiger partial charge in [-0.25, -0.2) is 0 Å². The van der Waals surface area contributed by atoms with Gasteiger partial charge in [0.2, 0.25) is 0 Å². The Morgan fingerprint density at radius 3 is 3.08 bits per heavy atom. The van der Waals surface area contributed by atoms with Crippen LogP contribution in [0.2, 0.25) is 0 Å². The predicted molar refractivity (Wildman–Crippen MR) is 46.4 cm³/mol. The number of epoxide rings is 1. The molecule has 0 N–H and O–H groups in total. The summed E-state index contributed by atoms with van der Waals surface area (Å²) in [6, 6.07) is 8.05. The monoisotopic (exact) mass is 164 g/mol. The molecule has 1 aromatic carbocycles. The van der Waals surface area contributed by atoms with E-state index in [1.54, 1.807) is 0 Å². The van der Waals surface area contributed by atoms with Crippen LogP contribution in [-0.2, 0) is 4.74 Å². The second kappa shape index (κ2) is 3.15. The Morgan fingerprint density at radius 2 is 2.42 bits per heavy atom. The van der Waals surface area contributed by atoms with Gasteiger partial charge in [-0.05, 0) is 24.6 Å². The molecule has 1 atom stereocenters. The fourth-order valence-electron chi connectivity index (χ4n) is 1.06. The SMILES string of the molecule is Cc1cccc(OCC2CO2)c1. The van der Waals surface area contributed by atoms with Crippen LogP contribution in [0.25, 0.3) is 0 Å². The van der Waals surface area contributed by atoms with Gasteiger partial charge in [0.05, 0.1) is 6.61 Å². The highest BCUT2D eigenvalue weighted by Crippen LogP contribution is 2.15. The molecule has 1 saturated heterocycles. The molecular formula is C10H12O2. The Labute approximate surface area is 72.1 Å². The van der Waals surface area contributed by atoms with Gasteiger partial charge in [-0.2, -0.15) is 0 Å². The lowest BCUT2D eigenvalue weighted by Crippen LogP contribution is -2.03. The van der Waals surface area contributed by atoms with Gasteiger partial charge in [-0.1, -0.05) is 12.1 Å². The van der Waals surface area contributed by atoms with Crippen LogP contribution < -0.4 is 4.74 Å². The first-order valence-corrected chi connectivity index (χ1v) is 4.16. The standard InChI is InChI=1S/C10H12O2/c1-8-3-2-4-9(5-8)11-6-10-7-12-10/h2-5,10H,6-7H2,1H3. The minimum absolute atomic E-state index is 0.338. The molecule has 0 radical (unpaired) electrons. The van der Waals surface area contributed by atoms with Gasteiger partial charge in [-0.3, -0.25) is 0 Å². The highest BCUT2D eigenvalue weighted by atomic mass is 16.6. The maximum atomic E-state index is 5.49. The summed E-state index contributed by atoms with van der Waals surface area (Å²) in [6.07, 6.45) is 0.338. The van der Waals surface area contributed by atoms with Crippen molar-refractivity contribution in [2.75, 3.05) is 13.2 Å². The lowest BCUT2D eigenvalue weighted by molar-refractivity contribution is 0.263. The first-order valence-electron chi connectivity index (χ1n) is 4.16. The third-order valence-corrected chi connectivity index (χ3v) is 1.83. The third kappa shape index (κ3) is 1.98. The molecule has 0 saturated carbocycles. The lowest BCUT2D eigenvalue weighted by atomic mass is 10.2. The van der Waals surface area contributed by atoms with Crippen LogP contribution in [0.1, 0.15) is 5.56 Å². The zero-order valence-corrected chi connectivity index (χ0v) is 7.12. The number of ether oxygens (including phenoxy) is 2. The highest BCUT2D eigenvalue weighted by Gasteiger charge is 2.22. The second-order valence-corrected chi connectivity index (χ2v) is 3.08. The molecule has 1 heterocycles. The van der Waals surface area contributed by atoms with Gasteiger partial charge < -0.3 is 9.47 Å². The Balaban J connectivity index is 1.92. The number of hydrogen-bond acceptors (Lipinski definition) is 2. The molecule has 0 aromatic heterocycles. The lowest BCUT2D eigenvalue weighted by Gasteiger charge is -2.03. The van der Waals surface area contributed by atoms with E-state index >= 15 is 0 Å². The molecule has 0 spiro atoms. The largest absolute Gasteiger partial charge is 0.491 e. The Hall–Kier alpha value is -1.02. The van der Waals surface area contributed by atoms with Crippen molar-refractivity contribution in [2.24, 2.45) is 0 Å². The maximum Gasteiger partial charge on any atom is 0.119 e. The van der Waals surface area contributed by atoms with E-state index in [2.05, 4.69) is 13.0 Å². The van der Waals surface area contributed by atoms with E-state index in [0.717, 1.165) is 12.4 Å². The Kier molecular flexibility index (Phi) is 2.00. The van der Waals surface area contributed by atoms with E-state index < -0.39 is 0 Å². The molecule has 0 aliphatic carbocycles. The molecule has 2 heteroatoms. The van der Waals surface area contributed by atoms with Crippen molar-refractivity contribution in [2.45, 2.75) is 13.0 Å². The van der Waals surface area contributed by atoms with Crippen LogP contribution in [0.4, 0.5) is 0 Å². The van der Waals surface area contributed by atoms with Crippen molar-refractivity contribution in [1.82, 2.24) is 0 Å². The maximum absolute atomic E-state index is 5.49. The van der Waals surface area contributed by atoms with Gasteiger partial charge in [-0.15, -0.1) is 0 Å². The first-order chi connectivity index (χ1) is 5.84. The highest BCUT2D eigenvalue weighted by molar-refractivity contribution is 5.27. The summed E-state index contributed by atoms with van der Waals surface area (Å²) in [5.74, 6) is 0.936. The topological polar surface area (TPSA) is 21.8 Å². The third-order valence-electron chi connectivity index (χ3n) is 1.83. The summed E-state index contributed by atoms with van der Waals surface area (Å²) in [5, 5.41) is 0.